The normalized spacial score (nSPS) is 10.4. The second-order valence-corrected chi connectivity index (χ2v) is 4.16. The quantitative estimate of drug-likeness (QED) is 0.920. The molecule has 0 radical (unpaired) electrons. The van der Waals surface area contributed by atoms with Crippen LogP contribution in [0.2, 0.25) is 0 Å². The Hall–Kier alpha value is -1.49. The van der Waals surface area contributed by atoms with Crippen molar-refractivity contribution >= 4 is 21.9 Å². The van der Waals surface area contributed by atoms with Crippen LogP contribution in [0.5, 0.6) is 5.75 Å². The van der Waals surface area contributed by atoms with Crippen molar-refractivity contribution in [2.45, 2.75) is 6.92 Å². The summed E-state index contributed by atoms with van der Waals surface area (Å²) in [5, 5.41) is 0. The molecule has 0 amide bonds. The molecule has 0 aliphatic heterocycles. The molecule has 0 spiro atoms. The van der Waals surface area contributed by atoms with Crippen LogP contribution in [0, 0.1) is 6.92 Å². The first kappa shape index (κ1) is 11.0. The average molecular weight is 283 g/mol. The Bertz CT molecular complexity index is 523. The lowest BCUT2D eigenvalue weighted by molar-refractivity contribution is 0.412. The predicted octanol–water partition coefficient (Wildman–Crippen LogP) is 3.00. The lowest BCUT2D eigenvalue weighted by atomic mass is 10.1. The van der Waals surface area contributed by atoms with Crippen LogP contribution in [0.1, 0.15) is 5.76 Å². The summed E-state index contributed by atoms with van der Waals surface area (Å²) in [7, 11) is 1.62. The highest BCUT2D eigenvalue weighted by Gasteiger charge is 2.11. The first-order valence-corrected chi connectivity index (χ1v) is 5.48. The lowest BCUT2D eigenvalue weighted by Crippen LogP contribution is -1.87. The van der Waals surface area contributed by atoms with Crippen LogP contribution in [-0.2, 0) is 0 Å². The zero-order valence-corrected chi connectivity index (χ0v) is 10.5. The van der Waals surface area contributed by atoms with E-state index in [2.05, 4.69) is 20.9 Å². The van der Waals surface area contributed by atoms with E-state index in [0.717, 1.165) is 21.5 Å². The molecule has 2 aromatic rings. The van der Waals surface area contributed by atoms with Gasteiger partial charge in [0.15, 0.2) is 0 Å². The van der Waals surface area contributed by atoms with Crippen LogP contribution in [0.15, 0.2) is 27.1 Å². The highest BCUT2D eigenvalue weighted by Crippen LogP contribution is 2.31. The summed E-state index contributed by atoms with van der Waals surface area (Å²) in [6.07, 6.45) is 0. The highest BCUT2D eigenvalue weighted by molar-refractivity contribution is 9.10. The summed E-state index contributed by atoms with van der Waals surface area (Å²) in [5.74, 6) is 1.48. The van der Waals surface area contributed by atoms with Crippen molar-refractivity contribution < 1.29 is 9.15 Å². The van der Waals surface area contributed by atoms with Crippen LogP contribution in [0.3, 0.4) is 0 Å². The molecule has 16 heavy (non-hydrogen) atoms. The number of nitrogen functional groups attached to an aromatic ring is 1. The van der Waals surface area contributed by atoms with E-state index < -0.39 is 0 Å². The number of oxazole rings is 1. The molecular weight excluding hydrogens is 272 g/mol. The van der Waals surface area contributed by atoms with Gasteiger partial charge in [0.1, 0.15) is 17.2 Å². The smallest absolute Gasteiger partial charge is 0.292 e. The van der Waals surface area contributed by atoms with Crippen molar-refractivity contribution in [2.75, 3.05) is 12.8 Å². The monoisotopic (exact) mass is 282 g/mol. The average Bonchev–Trinajstić information content (AvgIpc) is 2.58. The molecular formula is C11H11BrN2O2. The molecule has 0 aliphatic carbocycles. The molecule has 0 atom stereocenters. The number of benzene rings is 1. The fourth-order valence-corrected chi connectivity index (χ4v) is 2.04. The van der Waals surface area contributed by atoms with E-state index in [0.29, 0.717) is 5.76 Å². The van der Waals surface area contributed by atoms with Crippen molar-refractivity contribution in [2.24, 2.45) is 0 Å². The molecule has 5 heteroatoms. The molecule has 2 rings (SSSR count). The molecule has 0 unspecified atom stereocenters. The summed E-state index contributed by atoms with van der Waals surface area (Å²) in [6, 6.07) is 5.88. The van der Waals surface area contributed by atoms with Gasteiger partial charge in [-0.1, -0.05) is 0 Å². The number of anilines is 1. The molecule has 84 valence electrons. The summed E-state index contributed by atoms with van der Waals surface area (Å²) in [4.78, 5) is 4.13. The topological polar surface area (TPSA) is 61.3 Å². The summed E-state index contributed by atoms with van der Waals surface area (Å²) < 4.78 is 11.2. The van der Waals surface area contributed by atoms with Gasteiger partial charge in [-0.25, -0.2) is 0 Å². The molecule has 1 aromatic carbocycles. The van der Waals surface area contributed by atoms with E-state index in [1.54, 1.807) is 7.11 Å². The maximum absolute atomic E-state index is 5.50. The third kappa shape index (κ3) is 1.90. The van der Waals surface area contributed by atoms with E-state index in [1.807, 2.05) is 25.1 Å². The highest BCUT2D eigenvalue weighted by atomic mass is 79.9. The number of nitrogens with zero attached hydrogens (tertiary/aromatic N) is 1. The number of hydrogen-bond donors (Lipinski definition) is 1. The van der Waals surface area contributed by atoms with Gasteiger partial charge in [0.05, 0.1) is 11.6 Å². The second-order valence-electron chi connectivity index (χ2n) is 3.31. The molecule has 0 aliphatic rings. The van der Waals surface area contributed by atoms with E-state index >= 15 is 0 Å². The zero-order chi connectivity index (χ0) is 11.7. The number of halogens is 1. The van der Waals surface area contributed by atoms with Gasteiger partial charge in [-0.15, -0.1) is 0 Å². The van der Waals surface area contributed by atoms with Crippen molar-refractivity contribution in [3.05, 3.63) is 28.4 Å². The van der Waals surface area contributed by atoms with Crippen molar-refractivity contribution in [1.82, 2.24) is 4.98 Å². The Morgan fingerprint density at radius 2 is 2.19 bits per heavy atom. The number of rotatable bonds is 2. The number of nitrogens with two attached hydrogens (primary N) is 1. The maximum Gasteiger partial charge on any atom is 0.292 e. The van der Waals surface area contributed by atoms with E-state index in [9.17, 15) is 0 Å². The van der Waals surface area contributed by atoms with Gasteiger partial charge in [-0.05, 0) is 41.1 Å². The molecule has 1 aromatic heterocycles. The number of methoxy groups -OCH3 is 1. The van der Waals surface area contributed by atoms with Gasteiger partial charge in [0.25, 0.3) is 6.01 Å². The molecule has 0 saturated carbocycles. The van der Waals surface area contributed by atoms with Gasteiger partial charge < -0.3 is 14.9 Å². The first-order chi connectivity index (χ1) is 7.61. The zero-order valence-electron chi connectivity index (χ0n) is 8.95. The number of aryl methyl sites for hydroxylation is 1. The van der Waals surface area contributed by atoms with Gasteiger partial charge in [0, 0.05) is 5.56 Å². The summed E-state index contributed by atoms with van der Waals surface area (Å²) in [6.45, 7) is 1.83. The summed E-state index contributed by atoms with van der Waals surface area (Å²) in [5.41, 5.74) is 7.18. The SMILES string of the molecule is COc1ccc(-c2nc(N)oc2C)cc1Br. The fraction of sp³-hybridized carbons (Fsp3) is 0.182. The van der Waals surface area contributed by atoms with Crippen molar-refractivity contribution in [3.63, 3.8) is 0 Å². The number of hydrogen-bond acceptors (Lipinski definition) is 4. The largest absolute Gasteiger partial charge is 0.496 e. The first-order valence-electron chi connectivity index (χ1n) is 4.68. The van der Waals surface area contributed by atoms with Crippen molar-refractivity contribution in [3.8, 4) is 17.0 Å². The van der Waals surface area contributed by atoms with Crippen LogP contribution in [-0.4, -0.2) is 12.1 Å². The van der Waals surface area contributed by atoms with Gasteiger partial charge in [-0.3, -0.25) is 0 Å². The molecule has 0 fully saturated rings. The Morgan fingerprint density at radius 1 is 1.44 bits per heavy atom. The van der Waals surface area contributed by atoms with Gasteiger partial charge in [0.2, 0.25) is 0 Å². The minimum Gasteiger partial charge on any atom is -0.496 e. The third-order valence-electron chi connectivity index (χ3n) is 2.24. The second kappa shape index (κ2) is 4.17. The van der Waals surface area contributed by atoms with Crippen molar-refractivity contribution in [1.29, 1.82) is 0 Å². The predicted molar refractivity (Wildman–Crippen MR) is 65.3 cm³/mol. The number of ether oxygens (including phenoxy) is 1. The molecule has 1 heterocycles. The molecule has 4 nitrogen and oxygen atoms in total. The molecule has 0 saturated heterocycles. The lowest BCUT2D eigenvalue weighted by Gasteiger charge is -2.04. The Labute approximate surface area is 102 Å². The molecule has 0 bridgehead atoms. The standard InChI is InChI=1S/C11H11BrN2O2/c1-6-10(14-11(13)16-6)7-3-4-9(15-2)8(12)5-7/h3-5H,1-2H3,(H2,13,14). The summed E-state index contributed by atoms with van der Waals surface area (Å²) >= 11 is 3.42. The van der Waals surface area contributed by atoms with Gasteiger partial charge in [-0.2, -0.15) is 4.98 Å². The van der Waals surface area contributed by atoms with E-state index in [-0.39, 0.29) is 6.01 Å². The Morgan fingerprint density at radius 3 is 2.69 bits per heavy atom. The molecule has 2 N–H and O–H groups in total. The van der Waals surface area contributed by atoms with Crippen LogP contribution in [0.25, 0.3) is 11.3 Å². The van der Waals surface area contributed by atoms with E-state index in [4.69, 9.17) is 14.9 Å². The van der Waals surface area contributed by atoms with Crippen LogP contribution in [0.4, 0.5) is 6.01 Å². The Kier molecular flexibility index (Phi) is 2.87. The number of aromatic nitrogens is 1. The maximum atomic E-state index is 5.50. The third-order valence-corrected chi connectivity index (χ3v) is 2.86. The minimum absolute atomic E-state index is 0.180. The van der Waals surface area contributed by atoms with Crippen LogP contribution < -0.4 is 10.5 Å². The minimum atomic E-state index is 0.180. The van der Waals surface area contributed by atoms with Gasteiger partial charge >= 0.3 is 0 Å². The Balaban J connectivity index is 2.49. The fourth-order valence-electron chi connectivity index (χ4n) is 1.50. The van der Waals surface area contributed by atoms with E-state index in [1.165, 1.54) is 0 Å². The van der Waals surface area contributed by atoms with Crippen LogP contribution >= 0.6 is 15.9 Å².